The number of rotatable bonds is 2. The van der Waals surface area contributed by atoms with Crippen molar-refractivity contribution in [3.63, 3.8) is 0 Å². The second kappa shape index (κ2) is 5.01. The molecule has 0 bridgehead atoms. The lowest BCUT2D eigenvalue weighted by atomic mass is 9.72. The van der Waals surface area contributed by atoms with Crippen molar-refractivity contribution in [2.45, 2.75) is 31.6 Å². The SMILES string of the molecule is CC(=O)[C@]1(c2ccccc2)CCCN(C)CC1. The van der Waals surface area contributed by atoms with Crippen molar-refractivity contribution in [1.82, 2.24) is 4.90 Å². The van der Waals surface area contributed by atoms with E-state index in [2.05, 4.69) is 24.1 Å². The predicted molar refractivity (Wildman–Crippen MR) is 70.1 cm³/mol. The van der Waals surface area contributed by atoms with Crippen molar-refractivity contribution in [2.75, 3.05) is 20.1 Å². The Hall–Kier alpha value is -1.15. The monoisotopic (exact) mass is 231 g/mol. The summed E-state index contributed by atoms with van der Waals surface area (Å²) in [5.74, 6) is 0.319. The Morgan fingerprint density at radius 2 is 1.88 bits per heavy atom. The zero-order valence-corrected chi connectivity index (χ0v) is 10.8. The third kappa shape index (κ3) is 2.42. The lowest BCUT2D eigenvalue weighted by molar-refractivity contribution is -0.122. The van der Waals surface area contributed by atoms with Gasteiger partial charge in [0.05, 0.1) is 5.41 Å². The van der Waals surface area contributed by atoms with Gasteiger partial charge in [0.15, 0.2) is 0 Å². The summed E-state index contributed by atoms with van der Waals surface area (Å²) in [4.78, 5) is 14.5. The van der Waals surface area contributed by atoms with Crippen molar-refractivity contribution in [3.05, 3.63) is 35.9 Å². The Morgan fingerprint density at radius 1 is 1.18 bits per heavy atom. The smallest absolute Gasteiger partial charge is 0.140 e. The molecule has 2 rings (SSSR count). The number of hydrogen-bond donors (Lipinski definition) is 0. The molecule has 1 aromatic rings. The molecule has 1 fully saturated rings. The summed E-state index contributed by atoms with van der Waals surface area (Å²) in [6, 6.07) is 10.3. The average Bonchev–Trinajstić information content (AvgIpc) is 2.53. The minimum atomic E-state index is -0.244. The summed E-state index contributed by atoms with van der Waals surface area (Å²) in [7, 11) is 2.14. The van der Waals surface area contributed by atoms with Crippen LogP contribution in [0.4, 0.5) is 0 Å². The molecule has 1 aliphatic rings. The molecule has 1 atom stereocenters. The molecular weight excluding hydrogens is 210 g/mol. The zero-order valence-electron chi connectivity index (χ0n) is 10.8. The van der Waals surface area contributed by atoms with Crippen LogP contribution >= 0.6 is 0 Å². The second-order valence-electron chi connectivity index (χ2n) is 5.16. The maximum Gasteiger partial charge on any atom is 0.140 e. The Balaban J connectivity index is 2.36. The number of carbonyl (C=O) groups is 1. The molecule has 1 saturated heterocycles. The van der Waals surface area contributed by atoms with Gasteiger partial charge >= 0.3 is 0 Å². The zero-order chi connectivity index (χ0) is 12.3. The molecule has 1 aromatic carbocycles. The van der Waals surface area contributed by atoms with Gasteiger partial charge in [0.25, 0.3) is 0 Å². The molecule has 0 amide bonds. The molecule has 0 N–H and O–H groups in total. The van der Waals surface area contributed by atoms with Gasteiger partial charge in [0.2, 0.25) is 0 Å². The van der Waals surface area contributed by atoms with Crippen LogP contribution in [0.2, 0.25) is 0 Å². The quantitative estimate of drug-likeness (QED) is 0.780. The maximum absolute atomic E-state index is 12.2. The van der Waals surface area contributed by atoms with Crippen LogP contribution in [-0.4, -0.2) is 30.8 Å². The lowest BCUT2D eigenvalue weighted by Crippen LogP contribution is -2.35. The summed E-state index contributed by atoms with van der Waals surface area (Å²) in [6.45, 7) is 3.86. The van der Waals surface area contributed by atoms with Crippen LogP contribution in [0.3, 0.4) is 0 Å². The summed E-state index contributed by atoms with van der Waals surface area (Å²) >= 11 is 0. The molecule has 0 aromatic heterocycles. The highest BCUT2D eigenvalue weighted by Crippen LogP contribution is 2.36. The van der Waals surface area contributed by atoms with Crippen molar-refractivity contribution in [2.24, 2.45) is 0 Å². The van der Waals surface area contributed by atoms with Gasteiger partial charge in [-0.2, -0.15) is 0 Å². The van der Waals surface area contributed by atoms with Crippen LogP contribution in [0.25, 0.3) is 0 Å². The number of Topliss-reactive ketones (excluding diaryl/α,β-unsaturated/α-hetero) is 1. The molecule has 0 unspecified atom stereocenters. The topological polar surface area (TPSA) is 20.3 Å². The molecule has 2 nitrogen and oxygen atoms in total. The first-order valence-electron chi connectivity index (χ1n) is 6.40. The van der Waals surface area contributed by atoms with Crippen molar-refractivity contribution < 1.29 is 4.79 Å². The van der Waals surface area contributed by atoms with Crippen molar-refractivity contribution in [1.29, 1.82) is 0 Å². The molecule has 0 spiro atoms. The molecule has 0 saturated carbocycles. The van der Waals surface area contributed by atoms with Gasteiger partial charge in [0.1, 0.15) is 5.78 Å². The van der Waals surface area contributed by atoms with E-state index in [1.54, 1.807) is 6.92 Å². The Labute approximate surface area is 104 Å². The van der Waals surface area contributed by atoms with E-state index in [9.17, 15) is 4.79 Å². The number of hydrogen-bond acceptors (Lipinski definition) is 2. The molecular formula is C15H21NO. The molecule has 17 heavy (non-hydrogen) atoms. The van der Waals surface area contributed by atoms with Gasteiger partial charge in [0, 0.05) is 0 Å². The van der Waals surface area contributed by atoms with Crippen LogP contribution in [-0.2, 0) is 10.2 Å². The molecule has 0 aliphatic carbocycles. The van der Waals surface area contributed by atoms with E-state index in [4.69, 9.17) is 0 Å². The summed E-state index contributed by atoms with van der Waals surface area (Å²) < 4.78 is 0. The maximum atomic E-state index is 12.2. The first-order chi connectivity index (χ1) is 8.15. The highest BCUT2D eigenvalue weighted by Gasteiger charge is 2.37. The fraction of sp³-hybridized carbons (Fsp3) is 0.533. The predicted octanol–water partition coefficient (Wildman–Crippen LogP) is 2.63. The highest BCUT2D eigenvalue weighted by atomic mass is 16.1. The van der Waals surface area contributed by atoms with E-state index in [-0.39, 0.29) is 5.41 Å². The molecule has 1 aliphatic heterocycles. The fourth-order valence-electron chi connectivity index (χ4n) is 2.87. The van der Waals surface area contributed by atoms with Crippen LogP contribution in [0.1, 0.15) is 31.7 Å². The third-order valence-corrected chi connectivity index (χ3v) is 4.06. The number of likely N-dealkylation sites (tertiary alicyclic amines) is 1. The van der Waals surface area contributed by atoms with Gasteiger partial charge in [-0.1, -0.05) is 30.3 Å². The van der Waals surface area contributed by atoms with E-state index in [1.165, 1.54) is 5.56 Å². The molecule has 1 heterocycles. The van der Waals surface area contributed by atoms with E-state index in [1.807, 2.05) is 18.2 Å². The Kier molecular flexibility index (Phi) is 3.63. The summed E-state index contributed by atoms with van der Waals surface area (Å²) in [5, 5.41) is 0. The number of benzene rings is 1. The normalized spacial score (nSPS) is 26.5. The van der Waals surface area contributed by atoms with Gasteiger partial charge in [-0.25, -0.2) is 0 Å². The largest absolute Gasteiger partial charge is 0.306 e. The third-order valence-electron chi connectivity index (χ3n) is 4.06. The average molecular weight is 231 g/mol. The van der Waals surface area contributed by atoms with Crippen LogP contribution in [0, 0.1) is 0 Å². The molecule has 2 heteroatoms. The first kappa shape index (κ1) is 12.3. The van der Waals surface area contributed by atoms with Gasteiger partial charge in [-0.05, 0) is 51.9 Å². The van der Waals surface area contributed by atoms with Gasteiger partial charge < -0.3 is 4.90 Å². The highest BCUT2D eigenvalue weighted by molar-refractivity contribution is 5.88. The Bertz CT molecular complexity index is 387. The standard InChI is InChI=1S/C15H21NO/c1-13(17)15(14-7-4-3-5-8-14)9-6-11-16(2)12-10-15/h3-5,7-8H,6,9-12H2,1-2H3/t15-/m0/s1. The molecule has 92 valence electrons. The lowest BCUT2D eigenvalue weighted by Gasteiger charge is -2.30. The van der Waals surface area contributed by atoms with E-state index >= 15 is 0 Å². The first-order valence-corrected chi connectivity index (χ1v) is 6.40. The fourth-order valence-corrected chi connectivity index (χ4v) is 2.87. The van der Waals surface area contributed by atoms with E-state index < -0.39 is 0 Å². The number of nitrogens with zero attached hydrogens (tertiary/aromatic N) is 1. The van der Waals surface area contributed by atoms with Crippen molar-refractivity contribution >= 4 is 5.78 Å². The Morgan fingerprint density at radius 3 is 2.53 bits per heavy atom. The number of carbonyl (C=O) groups excluding carboxylic acids is 1. The van der Waals surface area contributed by atoms with Crippen LogP contribution in [0.15, 0.2) is 30.3 Å². The van der Waals surface area contributed by atoms with E-state index in [0.717, 1.165) is 32.4 Å². The van der Waals surface area contributed by atoms with Crippen molar-refractivity contribution in [3.8, 4) is 0 Å². The van der Waals surface area contributed by atoms with Crippen LogP contribution < -0.4 is 0 Å². The van der Waals surface area contributed by atoms with Gasteiger partial charge in [-0.15, -0.1) is 0 Å². The minimum absolute atomic E-state index is 0.244. The molecule has 0 radical (unpaired) electrons. The number of ketones is 1. The summed E-state index contributed by atoms with van der Waals surface area (Å²) in [6.07, 6.45) is 3.03. The van der Waals surface area contributed by atoms with E-state index in [0.29, 0.717) is 5.78 Å². The van der Waals surface area contributed by atoms with Crippen LogP contribution in [0.5, 0.6) is 0 Å². The summed E-state index contributed by atoms with van der Waals surface area (Å²) in [5.41, 5.74) is 0.953. The second-order valence-corrected chi connectivity index (χ2v) is 5.16. The minimum Gasteiger partial charge on any atom is -0.306 e. The van der Waals surface area contributed by atoms with Gasteiger partial charge in [-0.3, -0.25) is 4.79 Å².